The van der Waals surface area contributed by atoms with Crippen molar-refractivity contribution in [2.75, 3.05) is 13.2 Å². The normalized spacial score (nSPS) is 12.9. The molecule has 0 saturated carbocycles. The first-order chi connectivity index (χ1) is 10.6. The van der Waals surface area contributed by atoms with Gasteiger partial charge in [-0.1, -0.05) is 11.6 Å². The lowest BCUT2D eigenvalue weighted by atomic mass is 9.95. The second-order valence-corrected chi connectivity index (χ2v) is 5.82. The van der Waals surface area contributed by atoms with Crippen LogP contribution in [0.3, 0.4) is 0 Å². The van der Waals surface area contributed by atoms with Gasteiger partial charge in [-0.05, 0) is 36.8 Å². The molecule has 0 aliphatic rings. The van der Waals surface area contributed by atoms with E-state index in [9.17, 15) is 5.11 Å². The molecule has 0 aliphatic carbocycles. The number of nitrogens with two attached hydrogens (primary N) is 1. The second-order valence-electron chi connectivity index (χ2n) is 5.38. The summed E-state index contributed by atoms with van der Waals surface area (Å²) >= 11 is 6.13. The Hall–Kier alpha value is -1.82. The van der Waals surface area contributed by atoms with E-state index in [1.807, 2.05) is 42.1 Å². The predicted octanol–water partition coefficient (Wildman–Crippen LogP) is 2.41. The number of nitrogens with one attached hydrogen (secondary N) is 1. The Balaban J connectivity index is 2.12. The molecule has 0 bridgehead atoms. The minimum atomic E-state index is -0.0000309. The van der Waals surface area contributed by atoms with Crippen LogP contribution in [-0.2, 0) is 6.54 Å². The lowest BCUT2D eigenvalue weighted by Gasteiger charge is -2.16. The molecule has 3 rings (SSSR count). The van der Waals surface area contributed by atoms with Gasteiger partial charge in [-0.15, -0.1) is 0 Å². The first-order valence-electron chi connectivity index (χ1n) is 7.26. The molecule has 4 N–H and O–H groups in total. The zero-order valence-electron chi connectivity index (χ0n) is 12.4. The third kappa shape index (κ3) is 2.63. The Kier molecular flexibility index (Phi) is 4.20. The van der Waals surface area contributed by atoms with Crippen LogP contribution in [0.4, 0.5) is 0 Å². The molecule has 0 spiro atoms. The number of benzene rings is 1. The van der Waals surface area contributed by atoms with Gasteiger partial charge in [-0.2, -0.15) is 5.10 Å². The summed E-state index contributed by atoms with van der Waals surface area (Å²) in [5, 5.41) is 15.4. The molecule has 0 radical (unpaired) electrons. The van der Waals surface area contributed by atoms with E-state index in [-0.39, 0.29) is 12.5 Å². The number of aromatic nitrogens is 3. The topological polar surface area (TPSA) is 79.9 Å². The SMILES string of the molecule is Cc1cc(C(CN)c2c[nH]c3ccc(Cl)cc23)n(CCO)n1. The Morgan fingerprint density at radius 1 is 1.41 bits per heavy atom. The van der Waals surface area contributed by atoms with E-state index in [2.05, 4.69) is 10.1 Å². The summed E-state index contributed by atoms with van der Waals surface area (Å²) in [7, 11) is 0. The standard InChI is InChI=1S/C16H19ClN4O/c1-10-6-16(21(20-10)4-5-22)13(8-18)14-9-19-15-3-2-11(17)7-12(14)15/h2-3,6-7,9,13,19,22H,4-5,8,18H2,1H3. The molecule has 22 heavy (non-hydrogen) atoms. The van der Waals surface area contributed by atoms with E-state index in [4.69, 9.17) is 17.3 Å². The number of aliphatic hydroxyl groups is 1. The molecular weight excluding hydrogens is 300 g/mol. The number of hydrogen-bond acceptors (Lipinski definition) is 3. The van der Waals surface area contributed by atoms with Gasteiger partial charge in [0.05, 0.1) is 18.8 Å². The summed E-state index contributed by atoms with van der Waals surface area (Å²) in [5.41, 5.74) is 10.1. The third-order valence-electron chi connectivity index (χ3n) is 3.89. The van der Waals surface area contributed by atoms with Crippen LogP contribution in [0.2, 0.25) is 5.02 Å². The fourth-order valence-corrected chi connectivity index (χ4v) is 3.10. The van der Waals surface area contributed by atoms with Crippen molar-refractivity contribution >= 4 is 22.5 Å². The number of aliphatic hydroxyl groups excluding tert-OH is 1. The smallest absolute Gasteiger partial charge is 0.0644 e. The average Bonchev–Trinajstić information content (AvgIpc) is 3.05. The monoisotopic (exact) mass is 318 g/mol. The van der Waals surface area contributed by atoms with E-state index >= 15 is 0 Å². The van der Waals surface area contributed by atoms with E-state index < -0.39 is 0 Å². The predicted molar refractivity (Wildman–Crippen MR) is 88.3 cm³/mol. The lowest BCUT2D eigenvalue weighted by molar-refractivity contribution is 0.266. The summed E-state index contributed by atoms with van der Waals surface area (Å²) in [6.07, 6.45) is 1.98. The molecule has 0 saturated heterocycles. The Bertz CT molecular complexity index is 793. The van der Waals surface area contributed by atoms with E-state index in [1.54, 1.807) is 0 Å². The molecule has 3 aromatic rings. The average molecular weight is 319 g/mol. The highest BCUT2D eigenvalue weighted by Gasteiger charge is 2.21. The van der Waals surface area contributed by atoms with Crippen LogP contribution in [-0.4, -0.2) is 33.0 Å². The fraction of sp³-hybridized carbons (Fsp3) is 0.312. The molecule has 1 atom stereocenters. The number of hydrogen-bond donors (Lipinski definition) is 3. The fourth-order valence-electron chi connectivity index (χ4n) is 2.93. The first-order valence-corrected chi connectivity index (χ1v) is 7.63. The molecule has 1 unspecified atom stereocenters. The number of rotatable bonds is 5. The van der Waals surface area contributed by atoms with Gasteiger partial charge in [0, 0.05) is 40.3 Å². The Morgan fingerprint density at radius 2 is 2.23 bits per heavy atom. The van der Waals surface area contributed by atoms with Crippen molar-refractivity contribution in [1.82, 2.24) is 14.8 Å². The number of H-pyrrole nitrogens is 1. The molecule has 116 valence electrons. The second kappa shape index (κ2) is 6.12. The van der Waals surface area contributed by atoms with E-state index in [0.29, 0.717) is 18.1 Å². The number of halogens is 1. The molecule has 5 nitrogen and oxygen atoms in total. The zero-order chi connectivity index (χ0) is 15.7. The molecule has 2 heterocycles. The number of nitrogens with zero attached hydrogens (tertiary/aromatic N) is 2. The van der Waals surface area contributed by atoms with Crippen LogP contribution in [0.25, 0.3) is 10.9 Å². The van der Waals surface area contributed by atoms with Gasteiger partial charge < -0.3 is 15.8 Å². The molecule has 6 heteroatoms. The maximum atomic E-state index is 9.23. The minimum absolute atomic E-state index is 0.0000309. The first kappa shape index (κ1) is 15.1. The molecule has 1 aromatic carbocycles. The molecule has 0 aliphatic heterocycles. The maximum Gasteiger partial charge on any atom is 0.0644 e. The van der Waals surface area contributed by atoms with Crippen molar-refractivity contribution in [3.05, 3.63) is 52.4 Å². The summed E-state index contributed by atoms with van der Waals surface area (Å²) < 4.78 is 1.83. The number of aryl methyl sites for hydroxylation is 1. The van der Waals surface area contributed by atoms with Crippen LogP contribution in [0.5, 0.6) is 0 Å². The quantitative estimate of drug-likeness (QED) is 0.676. The van der Waals surface area contributed by atoms with Gasteiger partial charge in [0.25, 0.3) is 0 Å². The highest BCUT2D eigenvalue weighted by Crippen LogP contribution is 2.32. The van der Waals surface area contributed by atoms with Crippen molar-refractivity contribution in [1.29, 1.82) is 0 Å². The largest absolute Gasteiger partial charge is 0.394 e. The zero-order valence-corrected chi connectivity index (χ0v) is 13.1. The van der Waals surface area contributed by atoms with E-state index in [1.165, 1.54) is 0 Å². The molecule has 0 fully saturated rings. The van der Waals surface area contributed by atoms with Gasteiger partial charge in [-0.3, -0.25) is 4.68 Å². The summed E-state index contributed by atoms with van der Waals surface area (Å²) in [5.74, 6) is -0.0000309. The molecule has 0 amide bonds. The minimum Gasteiger partial charge on any atom is -0.394 e. The third-order valence-corrected chi connectivity index (χ3v) is 4.12. The van der Waals surface area contributed by atoms with Crippen LogP contribution in [0, 0.1) is 6.92 Å². The van der Waals surface area contributed by atoms with Crippen molar-refractivity contribution in [3.63, 3.8) is 0 Å². The van der Waals surface area contributed by atoms with Crippen molar-refractivity contribution < 1.29 is 5.11 Å². The van der Waals surface area contributed by atoms with Crippen molar-refractivity contribution in [2.45, 2.75) is 19.4 Å². The summed E-state index contributed by atoms with van der Waals surface area (Å²) in [4.78, 5) is 3.26. The Labute approximate surface area is 133 Å². The summed E-state index contributed by atoms with van der Waals surface area (Å²) in [6.45, 7) is 2.90. The molecule has 2 aromatic heterocycles. The van der Waals surface area contributed by atoms with Gasteiger partial charge in [0.2, 0.25) is 0 Å². The van der Waals surface area contributed by atoms with Crippen molar-refractivity contribution in [3.8, 4) is 0 Å². The van der Waals surface area contributed by atoms with Crippen LogP contribution < -0.4 is 5.73 Å². The Morgan fingerprint density at radius 3 is 2.95 bits per heavy atom. The summed E-state index contributed by atoms with van der Waals surface area (Å²) in [6, 6.07) is 7.80. The lowest BCUT2D eigenvalue weighted by Crippen LogP contribution is -2.19. The van der Waals surface area contributed by atoms with Crippen LogP contribution in [0.15, 0.2) is 30.5 Å². The number of fused-ring (bicyclic) bond motifs is 1. The van der Waals surface area contributed by atoms with Crippen LogP contribution in [0.1, 0.15) is 22.9 Å². The van der Waals surface area contributed by atoms with Crippen LogP contribution >= 0.6 is 11.6 Å². The van der Waals surface area contributed by atoms with Gasteiger partial charge in [0.15, 0.2) is 0 Å². The van der Waals surface area contributed by atoms with Crippen molar-refractivity contribution in [2.24, 2.45) is 5.73 Å². The van der Waals surface area contributed by atoms with Gasteiger partial charge >= 0.3 is 0 Å². The highest BCUT2D eigenvalue weighted by atomic mass is 35.5. The van der Waals surface area contributed by atoms with Gasteiger partial charge in [-0.25, -0.2) is 0 Å². The highest BCUT2D eigenvalue weighted by molar-refractivity contribution is 6.31. The van der Waals surface area contributed by atoms with Gasteiger partial charge in [0.1, 0.15) is 0 Å². The number of aromatic amines is 1. The molecular formula is C16H19ClN4O. The maximum absolute atomic E-state index is 9.23. The van der Waals surface area contributed by atoms with E-state index in [0.717, 1.165) is 27.9 Å².